The second-order valence-corrected chi connectivity index (χ2v) is 7.63. The SMILES string of the molecule is CCn1ncc2c(NC3CCOCC3)c(C(=O)NC(c3ccccc3)C(F)(F)F)cnc21. The van der Waals surface area contributed by atoms with Crippen molar-refractivity contribution in [3.63, 3.8) is 0 Å². The molecule has 3 aromatic rings. The number of hydrogen-bond acceptors (Lipinski definition) is 5. The highest BCUT2D eigenvalue weighted by atomic mass is 19.4. The first-order chi connectivity index (χ1) is 15.4. The van der Waals surface area contributed by atoms with Crippen LogP contribution < -0.4 is 10.6 Å². The van der Waals surface area contributed by atoms with E-state index in [1.54, 1.807) is 16.9 Å². The normalized spacial score (nSPS) is 16.1. The van der Waals surface area contributed by atoms with Gasteiger partial charge in [0, 0.05) is 32.0 Å². The fraction of sp³-hybridized carbons (Fsp3) is 0.409. The Morgan fingerprint density at radius 1 is 1.22 bits per heavy atom. The number of aromatic nitrogens is 3. The number of carbonyl (C=O) groups is 1. The molecule has 0 radical (unpaired) electrons. The van der Waals surface area contributed by atoms with Gasteiger partial charge >= 0.3 is 6.18 Å². The molecule has 7 nitrogen and oxygen atoms in total. The predicted molar refractivity (Wildman–Crippen MR) is 113 cm³/mol. The molecule has 1 unspecified atom stereocenters. The summed E-state index contributed by atoms with van der Waals surface area (Å²) in [6.45, 7) is 3.63. The highest BCUT2D eigenvalue weighted by molar-refractivity contribution is 6.06. The molecule has 1 aliphatic rings. The lowest BCUT2D eigenvalue weighted by Crippen LogP contribution is -2.38. The first-order valence-corrected chi connectivity index (χ1v) is 10.5. The molecule has 3 heterocycles. The van der Waals surface area contributed by atoms with Gasteiger partial charge in [0.2, 0.25) is 0 Å². The number of fused-ring (bicyclic) bond motifs is 1. The zero-order chi connectivity index (χ0) is 22.7. The molecule has 0 spiro atoms. The molecule has 0 saturated carbocycles. The molecule has 32 heavy (non-hydrogen) atoms. The Bertz CT molecular complexity index is 1080. The zero-order valence-corrected chi connectivity index (χ0v) is 17.5. The van der Waals surface area contributed by atoms with Gasteiger partial charge < -0.3 is 15.4 Å². The first kappa shape index (κ1) is 22.1. The molecule has 1 atom stereocenters. The average molecular weight is 447 g/mol. The maximum atomic E-state index is 13.8. The Labute approximate surface area is 183 Å². The minimum Gasteiger partial charge on any atom is -0.381 e. The number of amides is 1. The van der Waals surface area contributed by atoms with Crippen LogP contribution in [0.4, 0.5) is 18.9 Å². The zero-order valence-electron chi connectivity index (χ0n) is 17.5. The summed E-state index contributed by atoms with van der Waals surface area (Å²) < 4.78 is 48.4. The summed E-state index contributed by atoms with van der Waals surface area (Å²) in [4.78, 5) is 17.4. The van der Waals surface area contributed by atoms with Crippen molar-refractivity contribution < 1.29 is 22.7 Å². The summed E-state index contributed by atoms with van der Waals surface area (Å²) in [5.41, 5.74) is 1.01. The van der Waals surface area contributed by atoms with Crippen LogP contribution in [0.2, 0.25) is 0 Å². The maximum absolute atomic E-state index is 13.8. The topological polar surface area (TPSA) is 81.1 Å². The van der Waals surface area contributed by atoms with Crippen LogP contribution in [0.1, 0.15) is 41.7 Å². The largest absolute Gasteiger partial charge is 0.412 e. The van der Waals surface area contributed by atoms with Gasteiger partial charge in [-0.05, 0) is 25.3 Å². The van der Waals surface area contributed by atoms with Crippen LogP contribution >= 0.6 is 0 Å². The molecule has 0 bridgehead atoms. The second-order valence-electron chi connectivity index (χ2n) is 7.63. The molecule has 1 aromatic carbocycles. The van der Waals surface area contributed by atoms with E-state index in [1.807, 2.05) is 6.92 Å². The molecule has 170 valence electrons. The van der Waals surface area contributed by atoms with Crippen molar-refractivity contribution in [2.24, 2.45) is 0 Å². The highest BCUT2D eigenvalue weighted by Gasteiger charge is 2.42. The van der Waals surface area contributed by atoms with Crippen molar-refractivity contribution in [3.05, 3.63) is 53.9 Å². The third-order valence-corrected chi connectivity index (χ3v) is 5.52. The van der Waals surface area contributed by atoms with Crippen molar-refractivity contribution in [1.82, 2.24) is 20.1 Å². The molecule has 4 rings (SSSR count). The summed E-state index contributed by atoms with van der Waals surface area (Å²) >= 11 is 0. The minimum atomic E-state index is -4.66. The Morgan fingerprint density at radius 3 is 2.59 bits per heavy atom. The summed E-state index contributed by atoms with van der Waals surface area (Å²) in [5.74, 6) is -0.857. The predicted octanol–water partition coefficient (Wildman–Crippen LogP) is 4.08. The number of pyridine rings is 1. The molecular formula is C22H24F3N5O2. The van der Waals surface area contributed by atoms with Gasteiger partial charge in [0.05, 0.1) is 22.8 Å². The summed E-state index contributed by atoms with van der Waals surface area (Å²) in [7, 11) is 0. The number of hydrogen-bond donors (Lipinski definition) is 2. The summed E-state index contributed by atoms with van der Waals surface area (Å²) in [5, 5.41) is 10.4. The molecular weight excluding hydrogens is 423 g/mol. The van der Waals surface area contributed by atoms with Gasteiger partial charge in [0.15, 0.2) is 11.7 Å². The lowest BCUT2D eigenvalue weighted by Gasteiger charge is -2.26. The van der Waals surface area contributed by atoms with Gasteiger partial charge in [0.25, 0.3) is 5.91 Å². The quantitative estimate of drug-likeness (QED) is 0.595. The molecule has 1 aliphatic heterocycles. The standard InChI is InChI=1S/C22H24F3N5O2/c1-2-30-20-16(13-27-30)18(28-15-8-10-32-11-9-15)17(12-26-20)21(31)29-19(22(23,24)25)14-6-4-3-5-7-14/h3-7,12-13,15,19H,2,8-11H2,1H3,(H,26,28)(H,29,31). The number of nitrogens with zero attached hydrogens (tertiary/aromatic N) is 3. The van der Waals surface area contributed by atoms with Crippen LogP contribution in [0, 0.1) is 0 Å². The van der Waals surface area contributed by atoms with Gasteiger partial charge in [-0.15, -0.1) is 0 Å². The van der Waals surface area contributed by atoms with Crippen LogP contribution in [0.3, 0.4) is 0 Å². The van der Waals surface area contributed by atoms with Crippen molar-refractivity contribution in [1.29, 1.82) is 0 Å². The van der Waals surface area contributed by atoms with Gasteiger partial charge in [0.1, 0.15) is 0 Å². The van der Waals surface area contributed by atoms with Gasteiger partial charge in [-0.2, -0.15) is 18.3 Å². The molecule has 1 fully saturated rings. The van der Waals surface area contributed by atoms with E-state index >= 15 is 0 Å². The fourth-order valence-corrected chi connectivity index (χ4v) is 3.84. The Kier molecular flexibility index (Phi) is 6.31. The minimum absolute atomic E-state index is 0.0263. The number of halogens is 3. The van der Waals surface area contributed by atoms with Crippen molar-refractivity contribution in [2.75, 3.05) is 18.5 Å². The van der Waals surface area contributed by atoms with Crippen molar-refractivity contribution in [3.8, 4) is 0 Å². The van der Waals surface area contributed by atoms with Gasteiger partial charge in [-0.3, -0.25) is 4.79 Å². The molecule has 1 amide bonds. The molecule has 10 heteroatoms. The van der Waals surface area contributed by atoms with Crippen LogP contribution in [0.15, 0.2) is 42.7 Å². The summed E-state index contributed by atoms with van der Waals surface area (Å²) in [6, 6.07) is 5.20. The average Bonchev–Trinajstić information content (AvgIpc) is 3.22. The second kappa shape index (κ2) is 9.15. The number of aryl methyl sites for hydroxylation is 1. The number of benzene rings is 1. The van der Waals surface area contributed by atoms with E-state index in [-0.39, 0.29) is 17.2 Å². The van der Waals surface area contributed by atoms with E-state index in [1.165, 1.54) is 30.5 Å². The first-order valence-electron chi connectivity index (χ1n) is 10.5. The number of rotatable bonds is 6. The van der Waals surface area contributed by atoms with E-state index < -0.39 is 18.1 Å². The Balaban J connectivity index is 1.71. The molecule has 1 saturated heterocycles. The van der Waals surface area contributed by atoms with E-state index in [2.05, 4.69) is 20.7 Å². The van der Waals surface area contributed by atoms with Gasteiger partial charge in [-0.1, -0.05) is 30.3 Å². The number of carbonyl (C=O) groups excluding carboxylic acids is 1. The lowest BCUT2D eigenvalue weighted by atomic mass is 10.0. The van der Waals surface area contributed by atoms with Gasteiger partial charge in [-0.25, -0.2) is 9.67 Å². The van der Waals surface area contributed by atoms with E-state index in [0.717, 1.165) is 12.8 Å². The number of nitrogens with one attached hydrogen (secondary N) is 2. The van der Waals surface area contributed by atoms with E-state index in [4.69, 9.17) is 4.74 Å². The fourth-order valence-electron chi connectivity index (χ4n) is 3.84. The smallest absolute Gasteiger partial charge is 0.381 e. The Hall–Kier alpha value is -3.14. The monoisotopic (exact) mass is 447 g/mol. The summed E-state index contributed by atoms with van der Waals surface area (Å²) in [6.07, 6.45) is -0.311. The number of ether oxygens (including phenoxy) is 1. The third kappa shape index (κ3) is 4.55. The van der Waals surface area contributed by atoms with Crippen LogP contribution in [-0.2, 0) is 11.3 Å². The highest BCUT2D eigenvalue weighted by Crippen LogP contribution is 2.34. The van der Waals surface area contributed by atoms with E-state index in [0.29, 0.717) is 36.5 Å². The van der Waals surface area contributed by atoms with E-state index in [9.17, 15) is 18.0 Å². The van der Waals surface area contributed by atoms with Crippen LogP contribution in [0.25, 0.3) is 11.0 Å². The molecule has 2 aromatic heterocycles. The molecule has 2 N–H and O–H groups in total. The third-order valence-electron chi connectivity index (χ3n) is 5.52. The maximum Gasteiger partial charge on any atom is 0.412 e. The van der Waals surface area contributed by atoms with Crippen LogP contribution in [-0.4, -0.2) is 46.1 Å². The molecule has 0 aliphatic carbocycles. The number of alkyl halides is 3. The van der Waals surface area contributed by atoms with Crippen molar-refractivity contribution >= 4 is 22.6 Å². The van der Waals surface area contributed by atoms with Crippen LogP contribution in [0.5, 0.6) is 0 Å². The lowest BCUT2D eigenvalue weighted by molar-refractivity contribution is -0.155. The van der Waals surface area contributed by atoms with Crippen molar-refractivity contribution in [2.45, 2.75) is 44.6 Å². The number of anilines is 1. The Morgan fingerprint density at radius 2 is 1.94 bits per heavy atom.